The summed E-state index contributed by atoms with van der Waals surface area (Å²) < 4.78 is 41.0. The fourth-order valence-electron chi connectivity index (χ4n) is 5.85. The highest BCUT2D eigenvalue weighted by atomic mass is 19.4. The molecule has 0 radical (unpaired) electrons. The Bertz CT molecular complexity index is 730. The SMILES string of the molecule is CC1CC2=CC(=O)CCC2=C2C=C[C@@]3(C)[C@@H](CCC3(O)C(F)(F)F)[C@@H]21. The summed E-state index contributed by atoms with van der Waals surface area (Å²) in [5, 5.41) is 10.6. The zero-order chi connectivity index (χ0) is 18.2. The van der Waals surface area contributed by atoms with Crippen LogP contribution in [0.1, 0.15) is 46.0 Å². The van der Waals surface area contributed by atoms with Crippen LogP contribution in [0.4, 0.5) is 13.2 Å². The van der Waals surface area contributed by atoms with Crippen LogP contribution in [0.25, 0.3) is 0 Å². The number of rotatable bonds is 0. The van der Waals surface area contributed by atoms with Gasteiger partial charge in [-0.3, -0.25) is 4.79 Å². The second-order valence-electron chi connectivity index (χ2n) is 8.40. The van der Waals surface area contributed by atoms with Crippen molar-refractivity contribution >= 4 is 5.78 Å². The average Bonchev–Trinajstić information content (AvgIpc) is 2.79. The van der Waals surface area contributed by atoms with Crippen molar-refractivity contribution in [3.8, 4) is 0 Å². The van der Waals surface area contributed by atoms with E-state index in [0.717, 1.165) is 23.1 Å². The molecule has 0 amide bonds. The van der Waals surface area contributed by atoms with E-state index >= 15 is 0 Å². The third kappa shape index (κ3) is 2.11. The third-order valence-electron chi connectivity index (χ3n) is 7.20. The first-order valence-electron chi connectivity index (χ1n) is 9.03. The molecule has 4 aliphatic rings. The number of aliphatic hydroxyl groups is 1. The standard InChI is InChI=1S/C20H23F3O2/c1-11-9-12-10-13(24)3-4-14(12)15-5-7-18(2)16(17(11)15)6-8-19(18,25)20(21,22)23/h5,7,10-11,16-17,25H,3-4,6,8-9H2,1-2H3/t11?,16-,17+,18-,19?/m0/s1. The van der Waals surface area contributed by atoms with Crippen LogP contribution in [0.3, 0.4) is 0 Å². The van der Waals surface area contributed by atoms with Gasteiger partial charge in [0, 0.05) is 11.8 Å². The van der Waals surface area contributed by atoms with E-state index in [0.29, 0.717) is 19.3 Å². The minimum absolute atomic E-state index is 0.0201. The molecule has 0 aromatic carbocycles. The maximum absolute atomic E-state index is 13.7. The lowest BCUT2D eigenvalue weighted by atomic mass is 9.55. The number of halogens is 3. The Hall–Kier alpha value is -1.36. The van der Waals surface area contributed by atoms with Crippen molar-refractivity contribution in [1.82, 2.24) is 0 Å². The molecular formula is C20H23F3O2. The molecule has 0 bridgehead atoms. The Morgan fingerprint density at radius 2 is 2.00 bits per heavy atom. The molecule has 0 spiro atoms. The summed E-state index contributed by atoms with van der Waals surface area (Å²) in [6, 6.07) is 0. The van der Waals surface area contributed by atoms with E-state index in [2.05, 4.69) is 6.92 Å². The summed E-state index contributed by atoms with van der Waals surface area (Å²) in [4.78, 5) is 11.7. The molecule has 0 aliphatic heterocycles. The highest BCUT2D eigenvalue weighted by Gasteiger charge is 2.70. The van der Waals surface area contributed by atoms with Gasteiger partial charge in [-0.15, -0.1) is 0 Å². The predicted molar refractivity (Wildman–Crippen MR) is 87.6 cm³/mol. The van der Waals surface area contributed by atoms with Crippen molar-refractivity contribution in [1.29, 1.82) is 0 Å². The summed E-state index contributed by atoms with van der Waals surface area (Å²) in [5.74, 6) is 0.107. The van der Waals surface area contributed by atoms with Gasteiger partial charge in [0.1, 0.15) is 0 Å². The molecule has 1 fully saturated rings. The van der Waals surface area contributed by atoms with E-state index in [1.54, 1.807) is 19.1 Å². The second-order valence-corrected chi connectivity index (χ2v) is 8.40. The molecule has 1 saturated carbocycles. The number of alkyl halides is 3. The van der Waals surface area contributed by atoms with Crippen molar-refractivity contribution in [3.05, 3.63) is 34.9 Å². The number of carbonyl (C=O) groups excluding carboxylic acids is 1. The van der Waals surface area contributed by atoms with E-state index in [4.69, 9.17) is 0 Å². The van der Waals surface area contributed by atoms with Crippen LogP contribution >= 0.6 is 0 Å². The maximum atomic E-state index is 13.7. The van der Waals surface area contributed by atoms with Crippen molar-refractivity contribution in [2.75, 3.05) is 0 Å². The van der Waals surface area contributed by atoms with Crippen LogP contribution in [-0.4, -0.2) is 22.7 Å². The highest BCUT2D eigenvalue weighted by Crippen LogP contribution is 2.65. The van der Waals surface area contributed by atoms with E-state index in [9.17, 15) is 23.1 Å². The van der Waals surface area contributed by atoms with Crippen LogP contribution in [0.2, 0.25) is 0 Å². The van der Waals surface area contributed by atoms with Gasteiger partial charge in [0.25, 0.3) is 0 Å². The van der Waals surface area contributed by atoms with Crippen LogP contribution in [0, 0.1) is 23.2 Å². The number of hydrogen-bond donors (Lipinski definition) is 1. The molecule has 4 aliphatic carbocycles. The molecule has 0 aromatic rings. The van der Waals surface area contributed by atoms with Gasteiger partial charge in [-0.2, -0.15) is 13.2 Å². The fourth-order valence-corrected chi connectivity index (χ4v) is 5.85. The minimum Gasteiger partial charge on any atom is -0.380 e. The molecule has 5 atom stereocenters. The smallest absolute Gasteiger partial charge is 0.380 e. The monoisotopic (exact) mass is 352 g/mol. The molecular weight excluding hydrogens is 329 g/mol. The first kappa shape index (κ1) is 17.1. The Balaban J connectivity index is 1.85. The van der Waals surface area contributed by atoms with Crippen molar-refractivity contribution < 1.29 is 23.1 Å². The van der Waals surface area contributed by atoms with Gasteiger partial charge < -0.3 is 5.11 Å². The zero-order valence-corrected chi connectivity index (χ0v) is 14.5. The number of hydrogen-bond acceptors (Lipinski definition) is 2. The molecule has 136 valence electrons. The predicted octanol–water partition coefficient (Wildman–Crippen LogP) is 4.51. The number of allylic oxidation sites excluding steroid dienone is 5. The van der Waals surface area contributed by atoms with Gasteiger partial charge in [0.15, 0.2) is 11.4 Å². The summed E-state index contributed by atoms with van der Waals surface area (Å²) >= 11 is 0. The topological polar surface area (TPSA) is 37.3 Å². The lowest BCUT2D eigenvalue weighted by molar-refractivity contribution is -0.288. The first-order chi connectivity index (χ1) is 11.6. The molecule has 25 heavy (non-hydrogen) atoms. The molecule has 2 nitrogen and oxygen atoms in total. The normalized spacial score (nSPS) is 43.5. The first-order valence-corrected chi connectivity index (χ1v) is 9.03. The van der Waals surface area contributed by atoms with Gasteiger partial charge in [-0.05, 0) is 66.2 Å². The van der Waals surface area contributed by atoms with Crippen molar-refractivity contribution in [2.24, 2.45) is 23.2 Å². The summed E-state index contributed by atoms with van der Waals surface area (Å²) in [7, 11) is 0. The van der Waals surface area contributed by atoms with Crippen LogP contribution in [0.5, 0.6) is 0 Å². The van der Waals surface area contributed by atoms with Gasteiger partial charge in [0.05, 0.1) is 0 Å². The number of fused-ring (bicyclic) bond motifs is 4. The maximum Gasteiger partial charge on any atom is 0.418 e. The summed E-state index contributed by atoms with van der Waals surface area (Å²) in [6.45, 7) is 3.63. The Morgan fingerprint density at radius 3 is 2.68 bits per heavy atom. The van der Waals surface area contributed by atoms with Crippen LogP contribution in [-0.2, 0) is 4.79 Å². The molecule has 0 aromatic heterocycles. The molecule has 4 rings (SSSR count). The zero-order valence-electron chi connectivity index (χ0n) is 14.5. The van der Waals surface area contributed by atoms with Crippen molar-refractivity contribution in [2.45, 2.75) is 57.7 Å². The fraction of sp³-hybridized carbons (Fsp3) is 0.650. The van der Waals surface area contributed by atoms with Gasteiger partial charge in [-0.25, -0.2) is 0 Å². The average molecular weight is 352 g/mol. The molecule has 2 unspecified atom stereocenters. The Kier molecular flexibility index (Phi) is 3.48. The molecule has 0 heterocycles. The van der Waals surface area contributed by atoms with Gasteiger partial charge >= 0.3 is 6.18 Å². The second kappa shape index (κ2) is 5.09. The lowest BCUT2D eigenvalue weighted by Gasteiger charge is -2.50. The minimum atomic E-state index is -4.63. The van der Waals surface area contributed by atoms with Crippen LogP contribution < -0.4 is 0 Å². The quantitative estimate of drug-likeness (QED) is 0.697. The number of ketones is 1. The Morgan fingerprint density at radius 1 is 1.28 bits per heavy atom. The third-order valence-corrected chi connectivity index (χ3v) is 7.20. The molecule has 0 saturated heterocycles. The summed E-state index contributed by atoms with van der Waals surface area (Å²) in [6.07, 6.45) is 2.54. The largest absolute Gasteiger partial charge is 0.418 e. The van der Waals surface area contributed by atoms with Gasteiger partial charge in [0.2, 0.25) is 0 Å². The molecule has 5 heteroatoms. The highest BCUT2D eigenvalue weighted by molar-refractivity contribution is 5.93. The van der Waals surface area contributed by atoms with Crippen LogP contribution in [0.15, 0.2) is 34.9 Å². The van der Waals surface area contributed by atoms with E-state index in [1.165, 1.54) is 0 Å². The van der Waals surface area contributed by atoms with Crippen molar-refractivity contribution in [3.63, 3.8) is 0 Å². The number of carbonyl (C=O) groups is 1. The van der Waals surface area contributed by atoms with E-state index in [1.807, 2.05) is 6.08 Å². The van der Waals surface area contributed by atoms with E-state index in [-0.39, 0.29) is 30.0 Å². The van der Waals surface area contributed by atoms with Gasteiger partial charge in [-0.1, -0.05) is 26.0 Å². The van der Waals surface area contributed by atoms with E-state index < -0.39 is 17.2 Å². The Labute approximate surface area is 145 Å². The summed E-state index contributed by atoms with van der Waals surface area (Å²) in [5.41, 5.74) is -0.627. The lowest BCUT2D eigenvalue weighted by Crippen LogP contribution is -2.57. The molecule has 1 N–H and O–H groups in total.